The summed E-state index contributed by atoms with van der Waals surface area (Å²) in [5.41, 5.74) is 5.64. The fourth-order valence-corrected chi connectivity index (χ4v) is 5.11. The number of amides is 1. The first-order valence-electron chi connectivity index (χ1n) is 12.7. The van der Waals surface area contributed by atoms with Crippen LogP contribution in [0.2, 0.25) is 0 Å². The standard InChI is InChI=1S/C30H34N4O2/c1-23-8-6-7-11-27(23)29-20-28(25-12-14-26(36-2)15-13-25)31-34(29)30(35)22-33-18-16-32(17-19-33)21-24-9-4-3-5-10-24/h3-15,29H,16-22H2,1-2H3. The highest BCUT2D eigenvalue weighted by atomic mass is 16.5. The summed E-state index contributed by atoms with van der Waals surface area (Å²) in [4.78, 5) is 18.3. The van der Waals surface area contributed by atoms with E-state index in [0.717, 1.165) is 55.3 Å². The first kappa shape index (κ1) is 24.2. The highest BCUT2D eigenvalue weighted by Crippen LogP contribution is 2.34. The molecular weight excluding hydrogens is 448 g/mol. The van der Waals surface area contributed by atoms with E-state index in [4.69, 9.17) is 9.84 Å². The van der Waals surface area contributed by atoms with Crippen LogP contribution in [0.15, 0.2) is 84.0 Å². The van der Waals surface area contributed by atoms with E-state index in [1.54, 1.807) is 12.1 Å². The minimum atomic E-state index is -0.0878. The van der Waals surface area contributed by atoms with Crippen LogP contribution in [0.25, 0.3) is 0 Å². The highest BCUT2D eigenvalue weighted by Gasteiger charge is 2.34. The van der Waals surface area contributed by atoms with Gasteiger partial charge in [0.05, 0.1) is 25.4 Å². The summed E-state index contributed by atoms with van der Waals surface area (Å²) in [5, 5.41) is 6.61. The predicted octanol–water partition coefficient (Wildman–Crippen LogP) is 4.50. The summed E-state index contributed by atoms with van der Waals surface area (Å²) in [6.45, 7) is 7.15. The van der Waals surface area contributed by atoms with Crippen LogP contribution in [-0.4, -0.2) is 66.3 Å². The van der Waals surface area contributed by atoms with Gasteiger partial charge in [-0.1, -0.05) is 54.6 Å². The Labute approximate surface area is 213 Å². The van der Waals surface area contributed by atoms with E-state index in [9.17, 15) is 4.79 Å². The summed E-state index contributed by atoms with van der Waals surface area (Å²) >= 11 is 0. The molecule has 2 aliphatic heterocycles. The van der Waals surface area contributed by atoms with Gasteiger partial charge in [0, 0.05) is 39.1 Å². The zero-order valence-electron chi connectivity index (χ0n) is 21.1. The molecule has 1 amide bonds. The number of carbonyl (C=O) groups is 1. The molecule has 0 radical (unpaired) electrons. The molecule has 3 aromatic carbocycles. The van der Waals surface area contributed by atoms with Gasteiger partial charge in [-0.05, 0) is 53.4 Å². The third-order valence-corrected chi connectivity index (χ3v) is 7.21. The molecule has 1 fully saturated rings. The van der Waals surface area contributed by atoms with Crippen LogP contribution < -0.4 is 4.74 Å². The van der Waals surface area contributed by atoms with Crippen LogP contribution in [0, 0.1) is 6.92 Å². The lowest BCUT2D eigenvalue weighted by atomic mass is 9.95. The van der Waals surface area contributed by atoms with Crippen molar-refractivity contribution in [3.8, 4) is 5.75 Å². The van der Waals surface area contributed by atoms with Crippen LogP contribution in [0.4, 0.5) is 0 Å². The Morgan fingerprint density at radius 1 is 0.889 bits per heavy atom. The highest BCUT2D eigenvalue weighted by molar-refractivity contribution is 6.03. The minimum absolute atomic E-state index is 0.0586. The topological polar surface area (TPSA) is 48.4 Å². The molecule has 1 atom stereocenters. The second-order valence-corrected chi connectivity index (χ2v) is 9.63. The molecule has 6 nitrogen and oxygen atoms in total. The molecule has 2 heterocycles. The number of aryl methyl sites for hydroxylation is 1. The number of benzene rings is 3. The van der Waals surface area contributed by atoms with Gasteiger partial charge in [0.1, 0.15) is 5.75 Å². The van der Waals surface area contributed by atoms with Gasteiger partial charge in [-0.2, -0.15) is 5.10 Å². The lowest BCUT2D eigenvalue weighted by Crippen LogP contribution is -2.49. The molecule has 0 aliphatic carbocycles. The largest absolute Gasteiger partial charge is 0.497 e. The molecule has 6 heteroatoms. The zero-order valence-corrected chi connectivity index (χ0v) is 21.1. The van der Waals surface area contributed by atoms with Crippen LogP contribution in [-0.2, 0) is 11.3 Å². The average molecular weight is 483 g/mol. The van der Waals surface area contributed by atoms with Gasteiger partial charge in [-0.25, -0.2) is 5.01 Å². The van der Waals surface area contributed by atoms with E-state index in [1.165, 1.54) is 11.1 Å². The van der Waals surface area contributed by atoms with Crippen molar-refractivity contribution >= 4 is 11.6 Å². The molecule has 186 valence electrons. The minimum Gasteiger partial charge on any atom is -0.497 e. The van der Waals surface area contributed by atoms with Crippen molar-refractivity contribution in [3.63, 3.8) is 0 Å². The second-order valence-electron chi connectivity index (χ2n) is 9.63. The lowest BCUT2D eigenvalue weighted by Gasteiger charge is -2.35. The quantitative estimate of drug-likeness (QED) is 0.498. The third-order valence-electron chi connectivity index (χ3n) is 7.21. The molecule has 0 bridgehead atoms. The van der Waals surface area contributed by atoms with Gasteiger partial charge >= 0.3 is 0 Å². The fourth-order valence-electron chi connectivity index (χ4n) is 5.11. The van der Waals surface area contributed by atoms with Crippen LogP contribution in [0.3, 0.4) is 0 Å². The molecular formula is C30H34N4O2. The van der Waals surface area contributed by atoms with E-state index >= 15 is 0 Å². The van der Waals surface area contributed by atoms with Gasteiger partial charge in [-0.3, -0.25) is 14.6 Å². The molecule has 0 N–H and O–H groups in total. The van der Waals surface area contributed by atoms with Gasteiger partial charge in [0.15, 0.2) is 0 Å². The molecule has 36 heavy (non-hydrogen) atoms. The molecule has 3 aromatic rings. The maximum absolute atomic E-state index is 13.6. The van der Waals surface area contributed by atoms with Crippen molar-refractivity contribution < 1.29 is 9.53 Å². The normalized spacial score (nSPS) is 18.8. The smallest absolute Gasteiger partial charge is 0.257 e. The fraction of sp³-hybridized carbons (Fsp3) is 0.333. The number of hydrogen-bond acceptors (Lipinski definition) is 5. The lowest BCUT2D eigenvalue weighted by molar-refractivity contribution is -0.134. The second kappa shape index (κ2) is 11.1. The molecule has 1 saturated heterocycles. The first-order chi connectivity index (χ1) is 17.6. The van der Waals surface area contributed by atoms with Crippen LogP contribution in [0.5, 0.6) is 5.75 Å². The van der Waals surface area contributed by atoms with E-state index in [1.807, 2.05) is 36.4 Å². The Bertz CT molecular complexity index is 1200. The Balaban J connectivity index is 1.28. The number of carbonyl (C=O) groups excluding carboxylic acids is 1. The summed E-state index contributed by atoms with van der Waals surface area (Å²) in [6.07, 6.45) is 0.702. The number of nitrogens with zero attached hydrogens (tertiary/aromatic N) is 4. The van der Waals surface area contributed by atoms with E-state index in [0.29, 0.717) is 13.0 Å². The molecule has 1 unspecified atom stereocenters. The first-order valence-corrected chi connectivity index (χ1v) is 12.7. The summed E-state index contributed by atoms with van der Waals surface area (Å²) in [5.74, 6) is 0.871. The molecule has 2 aliphatic rings. The number of ether oxygens (including phenoxy) is 1. The van der Waals surface area contributed by atoms with Crippen LogP contribution in [0.1, 0.15) is 34.7 Å². The van der Waals surface area contributed by atoms with E-state index in [2.05, 4.69) is 59.2 Å². The molecule has 0 aromatic heterocycles. The molecule has 0 saturated carbocycles. The maximum atomic E-state index is 13.6. The van der Waals surface area contributed by atoms with E-state index < -0.39 is 0 Å². The van der Waals surface area contributed by atoms with Crippen molar-refractivity contribution in [1.82, 2.24) is 14.8 Å². The third kappa shape index (κ3) is 5.50. The Morgan fingerprint density at radius 2 is 1.56 bits per heavy atom. The number of hydrazone groups is 1. The monoisotopic (exact) mass is 482 g/mol. The number of hydrogen-bond donors (Lipinski definition) is 0. The van der Waals surface area contributed by atoms with Crippen molar-refractivity contribution in [1.29, 1.82) is 0 Å². The summed E-state index contributed by atoms with van der Waals surface area (Å²) in [6, 6.07) is 26.7. The predicted molar refractivity (Wildman–Crippen MR) is 143 cm³/mol. The number of rotatable bonds is 7. The Kier molecular flexibility index (Phi) is 7.44. The van der Waals surface area contributed by atoms with Gasteiger partial charge in [0.2, 0.25) is 0 Å². The van der Waals surface area contributed by atoms with E-state index in [-0.39, 0.29) is 11.9 Å². The summed E-state index contributed by atoms with van der Waals surface area (Å²) < 4.78 is 5.31. The SMILES string of the molecule is COc1ccc(C2=NN(C(=O)CN3CCN(Cc4ccccc4)CC3)C(c3ccccc3C)C2)cc1. The molecule has 0 spiro atoms. The average Bonchev–Trinajstić information content (AvgIpc) is 3.36. The van der Waals surface area contributed by atoms with Gasteiger partial charge in [-0.15, -0.1) is 0 Å². The van der Waals surface area contributed by atoms with Gasteiger partial charge < -0.3 is 4.74 Å². The zero-order chi connectivity index (χ0) is 24.9. The van der Waals surface area contributed by atoms with Crippen molar-refractivity contribution in [2.75, 3.05) is 39.8 Å². The Hall–Kier alpha value is -3.48. The maximum Gasteiger partial charge on any atom is 0.257 e. The van der Waals surface area contributed by atoms with Crippen molar-refractivity contribution in [2.24, 2.45) is 5.10 Å². The summed E-state index contributed by atoms with van der Waals surface area (Å²) in [7, 11) is 1.66. The molecule has 5 rings (SSSR count). The van der Waals surface area contributed by atoms with Crippen LogP contribution >= 0.6 is 0 Å². The van der Waals surface area contributed by atoms with Crippen molar-refractivity contribution in [2.45, 2.75) is 25.9 Å². The number of piperazine rings is 1. The van der Waals surface area contributed by atoms with Gasteiger partial charge in [0.25, 0.3) is 5.91 Å². The number of methoxy groups -OCH3 is 1. The van der Waals surface area contributed by atoms with Crippen molar-refractivity contribution in [3.05, 3.63) is 101 Å². The Morgan fingerprint density at radius 3 is 2.25 bits per heavy atom.